The normalized spacial score (nSPS) is 20.1. The number of carbonyl (C=O) groups excluding carboxylic acids is 1. The Hall–Kier alpha value is -2.14. The lowest BCUT2D eigenvalue weighted by Crippen LogP contribution is -2.64. The van der Waals surface area contributed by atoms with Crippen LogP contribution in [-0.4, -0.2) is 44.2 Å². The van der Waals surface area contributed by atoms with Crippen molar-refractivity contribution < 1.29 is 9.90 Å². The van der Waals surface area contributed by atoms with E-state index in [1.165, 1.54) is 0 Å². The molecule has 1 aromatic carbocycles. The van der Waals surface area contributed by atoms with E-state index in [1.807, 2.05) is 30.3 Å². The Morgan fingerprint density at radius 1 is 1.24 bits per heavy atom. The number of benzene rings is 1. The highest BCUT2D eigenvalue weighted by atomic mass is 16.3. The summed E-state index contributed by atoms with van der Waals surface area (Å²) in [6.45, 7) is 0.882. The smallest absolute Gasteiger partial charge is 0.272 e. The Bertz CT molecular complexity index is 670. The summed E-state index contributed by atoms with van der Waals surface area (Å²) in [5.41, 5.74) is 0.808. The second-order valence-electron chi connectivity index (χ2n) is 6.02. The number of β-amino-alcohol motifs (C(OH)–C–C–N with tert-alkyl or cyclic N) is 1. The van der Waals surface area contributed by atoms with Gasteiger partial charge in [0.15, 0.2) is 0 Å². The Balaban J connectivity index is 1.55. The first-order valence-corrected chi connectivity index (χ1v) is 7.27. The quantitative estimate of drug-likeness (QED) is 0.928. The fraction of sp³-hybridized carbons (Fsp3) is 0.375. The van der Waals surface area contributed by atoms with E-state index in [-0.39, 0.29) is 5.91 Å². The first-order chi connectivity index (χ1) is 10.2. The number of hydrogen-bond donors (Lipinski definition) is 1. The molecule has 1 saturated carbocycles. The number of aliphatic hydroxyl groups is 1. The molecule has 4 rings (SSSR count). The molecule has 2 aliphatic rings. The molecule has 108 valence electrons. The molecule has 1 aliphatic heterocycles. The first-order valence-electron chi connectivity index (χ1n) is 7.27. The third-order valence-electron chi connectivity index (χ3n) is 4.45. The van der Waals surface area contributed by atoms with Gasteiger partial charge in [0.1, 0.15) is 11.3 Å². The van der Waals surface area contributed by atoms with Crippen LogP contribution < -0.4 is 0 Å². The number of amides is 1. The molecular formula is C16H17N3O2. The number of aromatic nitrogens is 2. The number of likely N-dealkylation sites (tertiary alicyclic amines) is 1. The van der Waals surface area contributed by atoms with Gasteiger partial charge in [-0.1, -0.05) is 18.2 Å². The Kier molecular flexibility index (Phi) is 2.65. The molecule has 0 atom stereocenters. The van der Waals surface area contributed by atoms with Crippen molar-refractivity contribution in [3.8, 4) is 5.69 Å². The minimum Gasteiger partial charge on any atom is -0.386 e. The molecule has 5 nitrogen and oxygen atoms in total. The molecule has 0 unspecified atom stereocenters. The van der Waals surface area contributed by atoms with E-state index in [4.69, 9.17) is 0 Å². The van der Waals surface area contributed by atoms with Gasteiger partial charge in [-0.05, 0) is 30.9 Å². The zero-order valence-electron chi connectivity index (χ0n) is 11.6. The molecule has 2 aromatic rings. The summed E-state index contributed by atoms with van der Waals surface area (Å²) in [6.07, 6.45) is 5.40. The molecule has 1 saturated heterocycles. The largest absolute Gasteiger partial charge is 0.386 e. The molecule has 0 spiro atoms. The number of hydrogen-bond acceptors (Lipinski definition) is 3. The number of para-hydroxylation sites is 1. The van der Waals surface area contributed by atoms with Crippen molar-refractivity contribution in [1.82, 2.24) is 14.5 Å². The van der Waals surface area contributed by atoms with Crippen LogP contribution in [-0.2, 0) is 0 Å². The lowest BCUT2D eigenvalue weighted by Gasteiger charge is -2.46. The van der Waals surface area contributed by atoms with E-state index in [9.17, 15) is 9.90 Å². The molecular weight excluding hydrogens is 266 g/mol. The molecule has 1 amide bonds. The molecule has 2 fully saturated rings. The van der Waals surface area contributed by atoms with E-state index in [0.29, 0.717) is 24.7 Å². The average Bonchev–Trinajstić information content (AvgIpc) is 3.22. The van der Waals surface area contributed by atoms with Crippen LogP contribution in [0.1, 0.15) is 23.3 Å². The van der Waals surface area contributed by atoms with Gasteiger partial charge in [-0.2, -0.15) is 0 Å². The zero-order chi connectivity index (χ0) is 14.4. The van der Waals surface area contributed by atoms with Crippen molar-refractivity contribution >= 4 is 5.91 Å². The Labute approximate surface area is 122 Å². The van der Waals surface area contributed by atoms with Gasteiger partial charge in [0.25, 0.3) is 5.91 Å². The third-order valence-corrected chi connectivity index (χ3v) is 4.45. The highest BCUT2D eigenvalue weighted by molar-refractivity contribution is 5.93. The van der Waals surface area contributed by atoms with Gasteiger partial charge in [0, 0.05) is 5.69 Å². The molecule has 2 heterocycles. The third kappa shape index (κ3) is 2.05. The van der Waals surface area contributed by atoms with Gasteiger partial charge in [0.2, 0.25) is 0 Å². The van der Waals surface area contributed by atoms with E-state index >= 15 is 0 Å². The fourth-order valence-corrected chi connectivity index (χ4v) is 3.05. The molecule has 1 N–H and O–H groups in total. The molecule has 0 bridgehead atoms. The molecule has 1 aliphatic carbocycles. The van der Waals surface area contributed by atoms with Crippen LogP contribution in [0.5, 0.6) is 0 Å². The summed E-state index contributed by atoms with van der Waals surface area (Å²) in [4.78, 5) is 18.4. The minimum absolute atomic E-state index is 0.0679. The molecule has 1 aromatic heterocycles. The number of carbonyl (C=O) groups is 1. The van der Waals surface area contributed by atoms with Gasteiger partial charge in [-0.3, -0.25) is 9.36 Å². The maximum absolute atomic E-state index is 12.6. The highest BCUT2D eigenvalue weighted by Gasteiger charge is 2.53. The average molecular weight is 283 g/mol. The summed E-state index contributed by atoms with van der Waals surface area (Å²) >= 11 is 0. The SMILES string of the molecule is O=C(c1cncn1-c1ccccc1)N1CC(O)(C2CC2)C1. The van der Waals surface area contributed by atoms with Crippen LogP contribution in [0.3, 0.4) is 0 Å². The standard InChI is InChI=1S/C16H17N3O2/c20-15(18-9-16(21,10-18)12-6-7-12)14-8-17-11-19(14)13-4-2-1-3-5-13/h1-5,8,11-12,21H,6-7,9-10H2. The topological polar surface area (TPSA) is 58.4 Å². The predicted molar refractivity (Wildman–Crippen MR) is 77.1 cm³/mol. The summed E-state index contributed by atoms with van der Waals surface area (Å²) in [6, 6.07) is 9.68. The molecule has 0 radical (unpaired) electrons. The Morgan fingerprint density at radius 2 is 1.95 bits per heavy atom. The van der Waals surface area contributed by atoms with Crippen molar-refractivity contribution in [2.24, 2.45) is 5.92 Å². The van der Waals surface area contributed by atoms with Gasteiger partial charge in [0.05, 0.1) is 25.6 Å². The van der Waals surface area contributed by atoms with Crippen molar-refractivity contribution in [3.05, 3.63) is 48.5 Å². The lowest BCUT2D eigenvalue weighted by atomic mass is 9.88. The van der Waals surface area contributed by atoms with Crippen LogP contribution >= 0.6 is 0 Å². The highest BCUT2D eigenvalue weighted by Crippen LogP contribution is 2.44. The first kappa shape index (κ1) is 12.6. The fourth-order valence-electron chi connectivity index (χ4n) is 3.05. The second-order valence-corrected chi connectivity index (χ2v) is 6.02. The Morgan fingerprint density at radius 3 is 2.62 bits per heavy atom. The summed E-state index contributed by atoms with van der Waals surface area (Å²) in [5.74, 6) is 0.322. The van der Waals surface area contributed by atoms with Crippen molar-refractivity contribution in [2.45, 2.75) is 18.4 Å². The predicted octanol–water partition coefficient (Wildman–Crippen LogP) is 1.47. The summed E-state index contributed by atoms with van der Waals surface area (Å²) in [5, 5.41) is 10.3. The van der Waals surface area contributed by atoms with E-state index in [2.05, 4.69) is 4.98 Å². The summed E-state index contributed by atoms with van der Waals surface area (Å²) < 4.78 is 1.79. The summed E-state index contributed by atoms with van der Waals surface area (Å²) in [7, 11) is 0. The monoisotopic (exact) mass is 283 g/mol. The maximum atomic E-state index is 12.6. The van der Waals surface area contributed by atoms with Crippen LogP contribution in [0.15, 0.2) is 42.9 Å². The zero-order valence-corrected chi connectivity index (χ0v) is 11.6. The number of rotatable bonds is 3. The van der Waals surface area contributed by atoms with Crippen molar-refractivity contribution in [2.75, 3.05) is 13.1 Å². The van der Waals surface area contributed by atoms with Crippen LogP contribution in [0.4, 0.5) is 0 Å². The van der Waals surface area contributed by atoms with Crippen molar-refractivity contribution in [3.63, 3.8) is 0 Å². The van der Waals surface area contributed by atoms with Crippen molar-refractivity contribution in [1.29, 1.82) is 0 Å². The molecule has 5 heteroatoms. The van der Waals surface area contributed by atoms with Crippen LogP contribution in [0, 0.1) is 5.92 Å². The number of imidazole rings is 1. The van der Waals surface area contributed by atoms with Crippen LogP contribution in [0.2, 0.25) is 0 Å². The van der Waals surface area contributed by atoms with Gasteiger partial charge >= 0.3 is 0 Å². The molecule has 21 heavy (non-hydrogen) atoms. The van der Waals surface area contributed by atoms with Gasteiger partial charge in [-0.15, -0.1) is 0 Å². The van der Waals surface area contributed by atoms with E-state index in [0.717, 1.165) is 18.5 Å². The van der Waals surface area contributed by atoms with Crippen LogP contribution in [0.25, 0.3) is 5.69 Å². The minimum atomic E-state index is -0.646. The van der Waals surface area contributed by atoms with Gasteiger partial charge in [-0.25, -0.2) is 4.98 Å². The van der Waals surface area contributed by atoms with Gasteiger partial charge < -0.3 is 10.0 Å². The second kappa shape index (κ2) is 4.43. The lowest BCUT2D eigenvalue weighted by molar-refractivity contribution is -0.0960. The number of nitrogens with zero attached hydrogens (tertiary/aromatic N) is 3. The van der Waals surface area contributed by atoms with E-state index < -0.39 is 5.60 Å². The van der Waals surface area contributed by atoms with E-state index in [1.54, 1.807) is 22.0 Å². The maximum Gasteiger partial charge on any atom is 0.272 e.